The normalized spacial score (nSPS) is 12.9. The molecule has 0 aliphatic carbocycles. The van der Waals surface area contributed by atoms with Crippen molar-refractivity contribution in [2.45, 2.75) is 20.0 Å². The molecule has 0 spiro atoms. The summed E-state index contributed by atoms with van der Waals surface area (Å²) < 4.78 is 5.32. The number of carbonyl (C=O) groups excluding carboxylic acids is 1. The first-order chi connectivity index (χ1) is 8.13. The first-order valence-corrected chi connectivity index (χ1v) is 6.92. The Balaban J connectivity index is 2.52. The van der Waals surface area contributed by atoms with Crippen molar-refractivity contribution < 1.29 is 9.53 Å². The van der Waals surface area contributed by atoms with Crippen LogP contribution in [0.15, 0.2) is 30.3 Å². The van der Waals surface area contributed by atoms with Crippen molar-refractivity contribution in [3.63, 3.8) is 0 Å². The number of benzene rings is 1. The topological polar surface area (TPSA) is 26.3 Å². The Morgan fingerprint density at radius 2 is 2.06 bits per heavy atom. The number of carbonyl (C=O) groups is 1. The van der Waals surface area contributed by atoms with Gasteiger partial charge in [0.1, 0.15) is 6.10 Å². The molecular weight excluding hydrogens is 232 g/mol. The van der Waals surface area contributed by atoms with Gasteiger partial charge in [-0.25, -0.2) is 0 Å². The lowest BCUT2D eigenvalue weighted by Crippen LogP contribution is -2.18. The van der Waals surface area contributed by atoms with Crippen LogP contribution in [0.25, 0.3) is 6.08 Å². The van der Waals surface area contributed by atoms with Crippen LogP contribution in [0.1, 0.15) is 18.1 Å². The molecule has 0 saturated heterocycles. The monoisotopic (exact) mass is 250 g/mol. The van der Waals surface area contributed by atoms with Crippen LogP contribution in [0.5, 0.6) is 0 Å². The van der Waals surface area contributed by atoms with Crippen LogP contribution >= 0.6 is 11.8 Å². The number of aryl methyl sites for hydroxylation is 1. The van der Waals surface area contributed by atoms with Crippen molar-refractivity contribution >= 4 is 23.6 Å². The highest BCUT2D eigenvalue weighted by Crippen LogP contribution is 2.06. The van der Waals surface area contributed by atoms with Crippen LogP contribution in [-0.2, 0) is 9.53 Å². The second kappa shape index (κ2) is 7.30. The molecule has 3 heteroatoms. The minimum Gasteiger partial charge on any atom is -0.360 e. The van der Waals surface area contributed by atoms with Gasteiger partial charge in [0.25, 0.3) is 0 Å². The quantitative estimate of drug-likeness (QED) is 0.572. The summed E-state index contributed by atoms with van der Waals surface area (Å²) in [5.41, 5.74) is 2.24. The van der Waals surface area contributed by atoms with E-state index in [1.165, 1.54) is 5.56 Å². The van der Waals surface area contributed by atoms with E-state index in [1.54, 1.807) is 24.8 Å². The number of hydrogen-bond acceptors (Lipinski definition) is 3. The molecule has 0 amide bonds. The van der Waals surface area contributed by atoms with Crippen molar-refractivity contribution in [1.29, 1.82) is 0 Å². The van der Waals surface area contributed by atoms with Gasteiger partial charge in [-0.2, -0.15) is 0 Å². The van der Waals surface area contributed by atoms with Crippen molar-refractivity contribution in [2.24, 2.45) is 0 Å². The molecule has 1 atom stereocenters. The molecule has 0 bridgehead atoms. The van der Waals surface area contributed by atoms with Gasteiger partial charge in [-0.05, 0) is 31.7 Å². The van der Waals surface area contributed by atoms with E-state index in [2.05, 4.69) is 0 Å². The van der Waals surface area contributed by atoms with Gasteiger partial charge in [0.2, 0.25) is 0 Å². The van der Waals surface area contributed by atoms with Crippen LogP contribution in [0.4, 0.5) is 0 Å². The Bertz CT molecular complexity index is 382. The van der Waals surface area contributed by atoms with Gasteiger partial charge in [-0.3, -0.25) is 4.79 Å². The molecule has 0 aliphatic rings. The molecule has 0 aliphatic heterocycles. The third kappa shape index (κ3) is 5.20. The molecule has 1 aromatic rings. The first-order valence-electron chi connectivity index (χ1n) is 5.52. The minimum atomic E-state index is -0.371. The van der Waals surface area contributed by atoms with E-state index in [0.717, 1.165) is 5.56 Å². The fourth-order valence-electron chi connectivity index (χ4n) is 1.24. The lowest BCUT2D eigenvalue weighted by molar-refractivity contribution is -0.123. The number of rotatable bonds is 6. The highest BCUT2D eigenvalue weighted by atomic mass is 32.2. The molecule has 1 unspecified atom stereocenters. The van der Waals surface area contributed by atoms with E-state index in [0.29, 0.717) is 5.94 Å². The molecule has 0 N–H and O–H groups in total. The Morgan fingerprint density at radius 3 is 2.65 bits per heavy atom. The van der Waals surface area contributed by atoms with Gasteiger partial charge in [0, 0.05) is 0 Å². The number of ether oxygens (including phenoxy) is 1. The van der Waals surface area contributed by atoms with Crippen LogP contribution in [0, 0.1) is 6.92 Å². The maximum atomic E-state index is 11.7. The predicted octanol–water partition coefficient (Wildman–Crippen LogP) is 3.30. The summed E-state index contributed by atoms with van der Waals surface area (Å²) in [6.45, 7) is 3.81. The Kier molecular flexibility index (Phi) is 6.01. The average Bonchev–Trinajstić information content (AvgIpc) is 2.34. The zero-order valence-corrected chi connectivity index (χ0v) is 11.3. The number of thioether (sulfide) groups is 1. The van der Waals surface area contributed by atoms with E-state index in [1.807, 2.05) is 43.5 Å². The highest BCUT2D eigenvalue weighted by Gasteiger charge is 2.08. The van der Waals surface area contributed by atoms with E-state index in [9.17, 15) is 4.79 Å². The van der Waals surface area contributed by atoms with E-state index < -0.39 is 0 Å². The molecule has 1 aromatic carbocycles. The molecule has 0 saturated carbocycles. The lowest BCUT2D eigenvalue weighted by Gasteiger charge is -2.07. The van der Waals surface area contributed by atoms with Crippen molar-refractivity contribution in [3.8, 4) is 0 Å². The molecular formula is C14H18O2S. The van der Waals surface area contributed by atoms with Crippen molar-refractivity contribution in [2.75, 3.05) is 12.2 Å². The molecule has 0 radical (unpaired) electrons. The van der Waals surface area contributed by atoms with Gasteiger partial charge in [-0.1, -0.05) is 35.9 Å². The summed E-state index contributed by atoms with van der Waals surface area (Å²) in [5, 5.41) is 0. The summed E-state index contributed by atoms with van der Waals surface area (Å²) in [5.74, 6) is 0.547. The fourth-order valence-corrected chi connectivity index (χ4v) is 1.58. The zero-order valence-electron chi connectivity index (χ0n) is 10.5. The molecule has 1 rings (SSSR count). The minimum absolute atomic E-state index is 0.000347. The van der Waals surface area contributed by atoms with Gasteiger partial charge in [0.15, 0.2) is 5.78 Å². The molecule has 0 heterocycles. The Labute approximate surface area is 107 Å². The summed E-state index contributed by atoms with van der Waals surface area (Å²) in [6.07, 6.45) is 4.97. The van der Waals surface area contributed by atoms with E-state index >= 15 is 0 Å². The summed E-state index contributed by atoms with van der Waals surface area (Å²) in [7, 11) is 0. The van der Waals surface area contributed by atoms with Crippen molar-refractivity contribution in [3.05, 3.63) is 41.5 Å². The second-order valence-corrected chi connectivity index (χ2v) is 4.67. The standard InChI is InChI=1S/C14H18O2S/c1-11-4-6-13(7-5-11)8-9-14(15)12(2)16-10-17-3/h4-9,12H,10H2,1-3H3/b9-8+. The number of ketones is 1. The maximum Gasteiger partial charge on any atom is 0.184 e. The van der Waals surface area contributed by atoms with E-state index in [-0.39, 0.29) is 11.9 Å². The van der Waals surface area contributed by atoms with Crippen molar-refractivity contribution in [1.82, 2.24) is 0 Å². The van der Waals surface area contributed by atoms with Gasteiger partial charge in [0.05, 0.1) is 5.94 Å². The third-order valence-corrected chi connectivity index (χ3v) is 2.73. The van der Waals surface area contributed by atoms with E-state index in [4.69, 9.17) is 4.74 Å². The van der Waals surface area contributed by atoms with Crippen LogP contribution in [0.3, 0.4) is 0 Å². The fraction of sp³-hybridized carbons (Fsp3) is 0.357. The SMILES string of the molecule is CSCOC(C)C(=O)/C=C/c1ccc(C)cc1. The van der Waals surface area contributed by atoms with Gasteiger partial charge < -0.3 is 4.74 Å². The highest BCUT2D eigenvalue weighted by molar-refractivity contribution is 7.98. The smallest absolute Gasteiger partial charge is 0.184 e. The molecule has 17 heavy (non-hydrogen) atoms. The molecule has 0 fully saturated rings. The summed E-state index contributed by atoms with van der Waals surface area (Å²) in [6, 6.07) is 8.04. The van der Waals surface area contributed by atoms with Gasteiger partial charge >= 0.3 is 0 Å². The third-order valence-electron chi connectivity index (χ3n) is 2.35. The zero-order chi connectivity index (χ0) is 12.7. The van der Waals surface area contributed by atoms with Crippen LogP contribution < -0.4 is 0 Å². The van der Waals surface area contributed by atoms with Gasteiger partial charge in [-0.15, -0.1) is 11.8 Å². The average molecular weight is 250 g/mol. The molecule has 92 valence electrons. The first kappa shape index (κ1) is 14.0. The van der Waals surface area contributed by atoms with Crippen LogP contribution in [-0.4, -0.2) is 24.1 Å². The largest absolute Gasteiger partial charge is 0.360 e. The maximum absolute atomic E-state index is 11.7. The predicted molar refractivity (Wildman–Crippen MR) is 74.1 cm³/mol. The van der Waals surface area contributed by atoms with Crippen LogP contribution in [0.2, 0.25) is 0 Å². The number of hydrogen-bond donors (Lipinski definition) is 0. The second-order valence-electron chi connectivity index (χ2n) is 3.86. The molecule has 2 nitrogen and oxygen atoms in total. The Hall–Kier alpha value is -1.06. The Morgan fingerprint density at radius 1 is 1.41 bits per heavy atom. The lowest BCUT2D eigenvalue weighted by atomic mass is 10.1. The summed E-state index contributed by atoms with van der Waals surface area (Å²) in [4.78, 5) is 11.7. The summed E-state index contributed by atoms with van der Waals surface area (Å²) >= 11 is 1.56. The molecule has 0 aromatic heterocycles.